The fourth-order valence-corrected chi connectivity index (χ4v) is 3.43. The highest BCUT2D eigenvalue weighted by molar-refractivity contribution is 6.24. The molecule has 1 amide bonds. The summed E-state index contributed by atoms with van der Waals surface area (Å²) < 4.78 is 5.80. The SMILES string of the molecule is Cc1cc(C)c(C2=C(OC(=O)C(C)(C)C)C(C)(C)N(OCCl)C2=O)c(C)c1. The topological polar surface area (TPSA) is 55.8 Å². The molecule has 148 valence electrons. The first kappa shape index (κ1) is 21.5. The van der Waals surface area contributed by atoms with Crippen molar-refractivity contribution in [2.45, 2.75) is 60.9 Å². The van der Waals surface area contributed by atoms with Crippen LogP contribution in [0.2, 0.25) is 0 Å². The molecule has 0 aromatic heterocycles. The molecule has 0 aliphatic carbocycles. The summed E-state index contributed by atoms with van der Waals surface area (Å²) in [6, 6.07) is 3.82. The summed E-state index contributed by atoms with van der Waals surface area (Å²) >= 11 is 5.73. The molecule has 0 unspecified atom stereocenters. The van der Waals surface area contributed by atoms with Crippen molar-refractivity contribution in [3.05, 3.63) is 40.1 Å². The van der Waals surface area contributed by atoms with E-state index in [9.17, 15) is 9.59 Å². The van der Waals surface area contributed by atoms with Gasteiger partial charge in [-0.3, -0.25) is 14.4 Å². The van der Waals surface area contributed by atoms with Gasteiger partial charge in [-0.1, -0.05) is 29.3 Å². The number of carbonyl (C=O) groups excluding carboxylic acids is 2. The molecule has 0 radical (unpaired) electrons. The van der Waals surface area contributed by atoms with Crippen LogP contribution in [-0.2, 0) is 19.2 Å². The lowest BCUT2D eigenvalue weighted by molar-refractivity contribution is -0.196. The van der Waals surface area contributed by atoms with Crippen LogP contribution in [0.15, 0.2) is 17.9 Å². The standard InChI is InChI=1S/C21H28ClNO4/c1-12-9-13(2)15(14(3)10-12)16-17(27-19(25)20(4,5)6)21(7,8)23(18(16)24)26-11-22/h9-10H,11H2,1-8H3. The highest BCUT2D eigenvalue weighted by atomic mass is 35.5. The van der Waals surface area contributed by atoms with Crippen LogP contribution in [0, 0.1) is 26.2 Å². The number of amides is 1. The third-order valence-electron chi connectivity index (χ3n) is 4.60. The maximum Gasteiger partial charge on any atom is 0.316 e. The van der Waals surface area contributed by atoms with E-state index in [0.717, 1.165) is 22.3 Å². The van der Waals surface area contributed by atoms with E-state index in [1.165, 1.54) is 5.06 Å². The summed E-state index contributed by atoms with van der Waals surface area (Å²) in [4.78, 5) is 31.3. The Bertz CT molecular complexity index is 795. The number of ether oxygens (including phenoxy) is 1. The highest BCUT2D eigenvalue weighted by Gasteiger charge is 2.50. The van der Waals surface area contributed by atoms with Crippen LogP contribution in [0.4, 0.5) is 0 Å². The van der Waals surface area contributed by atoms with Crippen molar-refractivity contribution in [1.29, 1.82) is 0 Å². The van der Waals surface area contributed by atoms with Crippen molar-refractivity contribution in [1.82, 2.24) is 5.06 Å². The zero-order valence-electron chi connectivity index (χ0n) is 17.3. The van der Waals surface area contributed by atoms with Crippen LogP contribution in [0.1, 0.15) is 56.9 Å². The molecule has 27 heavy (non-hydrogen) atoms. The number of hydrogen-bond donors (Lipinski definition) is 0. The normalized spacial score (nSPS) is 16.9. The number of benzene rings is 1. The number of aryl methyl sites for hydroxylation is 3. The Morgan fingerprint density at radius 1 is 1.15 bits per heavy atom. The number of carbonyl (C=O) groups is 2. The smallest absolute Gasteiger partial charge is 0.316 e. The van der Waals surface area contributed by atoms with Crippen LogP contribution in [0.3, 0.4) is 0 Å². The Balaban J connectivity index is 2.74. The first-order valence-corrected chi connectivity index (χ1v) is 9.44. The molecule has 0 saturated heterocycles. The number of hydrogen-bond acceptors (Lipinski definition) is 4. The van der Waals surface area contributed by atoms with Gasteiger partial charge in [0.15, 0.2) is 0 Å². The van der Waals surface area contributed by atoms with Gasteiger partial charge in [0, 0.05) is 0 Å². The van der Waals surface area contributed by atoms with Gasteiger partial charge in [0.05, 0.1) is 11.0 Å². The van der Waals surface area contributed by atoms with Crippen molar-refractivity contribution in [2.24, 2.45) is 5.41 Å². The molecule has 1 aromatic rings. The largest absolute Gasteiger partial charge is 0.427 e. The second-order valence-corrected chi connectivity index (χ2v) is 8.73. The monoisotopic (exact) mass is 393 g/mol. The van der Waals surface area contributed by atoms with Gasteiger partial charge in [-0.15, -0.1) is 0 Å². The van der Waals surface area contributed by atoms with E-state index < -0.39 is 16.9 Å². The number of nitrogens with zero attached hydrogens (tertiary/aromatic N) is 1. The maximum absolute atomic E-state index is 13.2. The predicted octanol–water partition coefficient (Wildman–Crippen LogP) is 4.66. The first-order valence-electron chi connectivity index (χ1n) is 8.91. The van der Waals surface area contributed by atoms with E-state index in [2.05, 4.69) is 0 Å². The second-order valence-electron chi connectivity index (χ2n) is 8.51. The molecule has 0 fully saturated rings. The number of hydroxylamine groups is 2. The van der Waals surface area contributed by atoms with Gasteiger partial charge in [0.1, 0.15) is 17.4 Å². The predicted molar refractivity (Wildman–Crippen MR) is 106 cm³/mol. The molecule has 2 rings (SSSR count). The van der Waals surface area contributed by atoms with Gasteiger partial charge < -0.3 is 4.74 Å². The van der Waals surface area contributed by atoms with Crippen LogP contribution in [-0.4, -0.2) is 28.5 Å². The number of esters is 1. The lowest BCUT2D eigenvalue weighted by Gasteiger charge is -2.32. The van der Waals surface area contributed by atoms with Crippen LogP contribution in [0.25, 0.3) is 5.57 Å². The minimum absolute atomic E-state index is 0.186. The Hall–Kier alpha value is -1.85. The molecule has 6 heteroatoms. The third kappa shape index (κ3) is 3.90. The van der Waals surface area contributed by atoms with Crippen LogP contribution < -0.4 is 0 Å². The molecular weight excluding hydrogens is 366 g/mol. The number of alkyl halides is 1. The van der Waals surface area contributed by atoms with Gasteiger partial charge in [0.25, 0.3) is 5.91 Å². The van der Waals surface area contributed by atoms with Crippen LogP contribution in [0.5, 0.6) is 0 Å². The lowest BCUT2D eigenvalue weighted by atomic mass is 9.91. The van der Waals surface area contributed by atoms with E-state index in [1.54, 1.807) is 34.6 Å². The van der Waals surface area contributed by atoms with Crippen LogP contribution >= 0.6 is 11.6 Å². The van der Waals surface area contributed by atoms with E-state index in [1.807, 2.05) is 32.9 Å². The summed E-state index contributed by atoms with van der Waals surface area (Å²) in [5.41, 5.74) is 2.38. The average Bonchev–Trinajstić information content (AvgIpc) is 2.68. The third-order valence-corrected chi connectivity index (χ3v) is 4.70. The summed E-state index contributed by atoms with van der Waals surface area (Å²) in [7, 11) is 0. The van der Waals surface area contributed by atoms with Crippen molar-refractivity contribution >= 4 is 29.1 Å². The van der Waals surface area contributed by atoms with Gasteiger partial charge in [0.2, 0.25) is 0 Å². The first-order chi connectivity index (χ1) is 12.3. The minimum Gasteiger partial charge on any atom is -0.427 e. The zero-order valence-corrected chi connectivity index (χ0v) is 18.1. The van der Waals surface area contributed by atoms with E-state index in [-0.39, 0.29) is 17.7 Å². The quantitative estimate of drug-likeness (QED) is 0.551. The van der Waals surface area contributed by atoms with Gasteiger partial charge in [-0.05, 0) is 72.1 Å². The van der Waals surface area contributed by atoms with Crippen molar-refractivity contribution < 1.29 is 19.2 Å². The molecule has 1 heterocycles. The van der Waals surface area contributed by atoms with Crippen molar-refractivity contribution in [2.75, 3.05) is 6.07 Å². The number of halogens is 1. The second kappa shape index (κ2) is 7.28. The molecule has 0 N–H and O–H groups in total. The Morgan fingerprint density at radius 3 is 2.11 bits per heavy atom. The Labute approximate surface area is 166 Å². The maximum atomic E-state index is 13.2. The highest BCUT2D eigenvalue weighted by Crippen LogP contribution is 2.43. The molecule has 0 atom stereocenters. The molecule has 5 nitrogen and oxygen atoms in total. The summed E-state index contributed by atoms with van der Waals surface area (Å²) in [5, 5.41) is 1.19. The Morgan fingerprint density at radius 2 is 1.67 bits per heavy atom. The fraction of sp³-hybridized carbons (Fsp3) is 0.524. The molecular formula is C21H28ClNO4. The molecule has 1 aromatic carbocycles. The fourth-order valence-electron chi connectivity index (χ4n) is 3.34. The molecule has 0 spiro atoms. The summed E-state index contributed by atoms with van der Waals surface area (Å²) in [6.07, 6.45) is 0. The molecule has 1 aliphatic rings. The van der Waals surface area contributed by atoms with Crippen molar-refractivity contribution in [3.63, 3.8) is 0 Å². The Kier molecular flexibility index (Phi) is 5.79. The van der Waals surface area contributed by atoms with E-state index in [0.29, 0.717) is 5.57 Å². The van der Waals surface area contributed by atoms with E-state index in [4.69, 9.17) is 21.2 Å². The average molecular weight is 394 g/mol. The molecule has 1 aliphatic heterocycles. The van der Waals surface area contributed by atoms with E-state index >= 15 is 0 Å². The summed E-state index contributed by atoms with van der Waals surface area (Å²) in [6.45, 7) is 14.7. The van der Waals surface area contributed by atoms with Gasteiger partial charge >= 0.3 is 5.97 Å². The minimum atomic E-state index is -0.980. The zero-order chi connectivity index (χ0) is 20.7. The summed E-state index contributed by atoms with van der Waals surface area (Å²) in [5.74, 6) is -0.494. The van der Waals surface area contributed by atoms with Gasteiger partial charge in [-0.25, -0.2) is 5.06 Å². The number of rotatable bonds is 4. The lowest BCUT2D eigenvalue weighted by Crippen LogP contribution is -2.44. The molecule has 0 bridgehead atoms. The van der Waals surface area contributed by atoms with Gasteiger partial charge in [-0.2, -0.15) is 0 Å². The molecule has 0 saturated carbocycles. The van der Waals surface area contributed by atoms with Crippen molar-refractivity contribution in [3.8, 4) is 0 Å².